The molecule has 0 unspecified atom stereocenters. The minimum Gasteiger partial charge on any atom is -0.489 e. The lowest BCUT2D eigenvalue weighted by molar-refractivity contribution is 0.0437. The molecule has 2 aromatic heterocycles. The quantitative estimate of drug-likeness (QED) is 0.406. The second-order valence-electron chi connectivity index (χ2n) is 6.74. The summed E-state index contributed by atoms with van der Waals surface area (Å²) in [4.78, 5) is 12.4. The van der Waals surface area contributed by atoms with Gasteiger partial charge in [-0.1, -0.05) is 46.7 Å². The van der Waals surface area contributed by atoms with Gasteiger partial charge in [0.1, 0.15) is 23.8 Å². The van der Waals surface area contributed by atoms with Crippen LogP contribution in [-0.2, 0) is 18.0 Å². The summed E-state index contributed by atoms with van der Waals surface area (Å²) in [5.74, 6) is 1.25. The Morgan fingerprint density at radius 3 is 2.53 bits per heavy atom. The van der Waals surface area contributed by atoms with Crippen molar-refractivity contribution in [3.05, 3.63) is 89.0 Å². The molecule has 30 heavy (non-hydrogen) atoms. The number of hydrogen-bond acceptors (Lipinski definition) is 7. The molecule has 0 atom stereocenters. The molecule has 0 bridgehead atoms. The minimum absolute atomic E-state index is 0.0111. The van der Waals surface area contributed by atoms with Crippen LogP contribution in [0.4, 0.5) is 0 Å². The highest BCUT2D eigenvalue weighted by molar-refractivity contribution is 5.89. The van der Waals surface area contributed by atoms with E-state index in [2.05, 4.69) is 10.3 Å². The lowest BCUT2D eigenvalue weighted by Gasteiger charge is -2.08. The van der Waals surface area contributed by atoms with Crippen molar-refractivity contribution in [1.82, 2.24) is 10.3 Å². The maximum Gasteiger partial charge on any atom is 0.338 e. The van der Waals surface area contributed by atoms with Gasteiger partial charge >= 0.3 is 5.97 Å². The molecular weight excluding hydrogens is 384 g/mol. The molecule has 2 heterocycles. The third-order valence-corrected chi connectivity index (χ3v) is 4.61. The summed E-state index contributed by atoms with van der Waals surface area (Å²) in [7, 11) is 0. The molecule has 0 saturated heterocycles. The highest BCUT2D eigenvalue weighted by atomic mass is 16.5. The van der Waals surface area contributed by atoms with Crippen molar-refractivity contribution < 1.29 is 23.3 Å². The number of aryl methyl sites for hydroxylation is 2. The summed E-state index contributed by atoms with van der Waals surface area (Å²) >= 11 is 0. The molecule has 0 amide bonds. The number of benzene rings is 2. The maximum atomic E-state index is 12.4. The number of nitrogens with zero attached hydrogens (tertiary/aromatic N) is 2. The molecule has 7 nitrogen and oxygen atoms in total. The molecule has 4 aromatic rings. The van der Waals surface area contributed by atoms with Gasteiger partial charge in [-0.05, 0) is 32.0 Å². The zero-order valence-corrected chi connectivity index (χ0v) is 16.6. The van der Waals surface area contributed by atoms with Gasteiger partial charge in [-0.25, -0.2) is 4.79 Å². The van der Waals surface area contributed by atoms with Crippen LogP contribution in [0.25, 0.3) is 11.3 Å². The normalized spacial score (nSPS) is 10.7. The van der Waals surface area contributed by atoms with Gasteiger partial charge < -0.3 is 18.5 Å². The van der Waals surface area contributed by atoms with Crippen molar-refractivity contribution in [3.63, 3.8) is 0 Å². The van der Waals surface area contributed by atoms with Gasteiger partial charge in [-0.2, -0.15) is 0 Å². The Kier molecular flexibility index (Phi) is 5.61. The van der Waals surface area contributed by atoms with Gasteiger partial charge in [0.05, 0.1) is 16.8 Å². The van der Waals surface area contributed by atoms with Gasteiger partial charge in [0.15, 0.2) is 12.4 Å². The predicted octanol–water partition coefficient (Wildman–Crippen LogP) is 4.88. The molecule has 0 saturated carbocycles. The number of aromatic nitrogens is 2. The summed E-state index contributed by atoms with van der Waals surface area (Å²) in [5.41, 5.74) is 3.68. The minimum atomic E-state index is -0.476. The Balaban J connectivity index is 1.36. The van der Waals surface area contributed by atoms with E-state index in [0.29, 0.717) is 35.1 Å². The van der Waals surface area contributed by atoms with E-state index in [1.165, 1.54) is 0 Å². The van der Waals surface area contributed by atoms with Gasteiger partial charge in [-0.3, -0.25) is 0 Å². The molecule has 4 rings (SSSR count). The van der Waals surface area contributed by atoms with E-state index in [9.17, 15) is 4.79 Å². The number of carbonyl (C=O) groups excluding carboxylic acids is 1. The number of carbonyl (C=O) groups is 1. The van der Waals surface area contributed by atoms with E-state index in [0.717, 1.165) is 16.8 Å². The predicted molar refractivity (Wildman–Crippen MR) is 108 cm³/mol. The summed E-state index contributed by atoms with van der Waals surface area (Å²) in [5, 5.41) is 7.92. The molecule has 0 N–H and O–H groups in total. The van der Waals surface area contributed by atoms with Crippen molar-refractivity contribution in [2.75, 3.05) is 0 Å². The van der Waals surface area contributed by atoms with Crippen molar-refractivity contribution in [1.29, 1.82) is 0 Å². The monoisotopic (exact) mass is 404 g/mol. The van der Waals surface area contributed by atoms with Crippen LogP contribution in [0.2, 0.25) is 0 Å². The van der Waals surface area contributed by atoms with Crippen LogP contribution in [0.1, 0.15) is 33.1 Å². The first kappa shape index (κ1) is 19.4. The van der Waals surface area contributed by atoms with E-state index in [1.54, 1.807) is 30.3 Å². The van der Waals surface area contributed by atoms with E-state index in [-0.39, 0.29) is 6.61 Å². The Hall–Kier alpha value is -3.87. The average molecular weight is 404 g/mol. The standard InChI is InChI=1S/C23H20N2O5/c1-15-21(16(2)29-24-15)14-27-19-10-6-9-18(11-19)23(26)28-13-20-12-22(25-30-20)17-7-4-3-5-8-17/h3-12H,13-14H2,1-2H3. The van der Waals surface area contributed by atoms with Crippen molar-refractivity contribution in [3.8, 4) is 17.0 Å². The number of esters is 1. The van der Waals surface area contributed by atoms with Crippen LogP contribution in [0.15, 0.2) is 69.7 Å². The van der Waals surface area contributed by atoms with Crippen LogP contribution in [0.3, 0.4) is 0 Å². The van der Waals surface area contributed by atoms with Gasteiger partial charge in [0.2, 0.25) is 0 Å². The zero-order chi connectivity index (χ0) is 20.9. The topological polar surface area (TPSA) is 87.6 Å². The molecular formula is C23H20N2O5. The number of ether oxygens (including phenoxy) is 2. The first-order valence-corrected chi connectivity index (χ1v) is 9.43. The second kappa shape index (κ2) is 8.65. The van der Waals surface area contributed by atoms with Crippen molar-refractivity contribution in [2.24, 2.45) is 0 Å². The van der Waals surface area contributed by atoms with Crippen LogP contribution >= 0.6 is 0 Å². The summed E-state index contributed by atoms with van der Waals surface area (Å²) in [6, 6.07) is 18.2. The molecule has 0 radical (unpaired) electrons. The molecule has 0 fully saturated rings. The van der Waals surface area contributed by atoms with E-state index >= 15 is 0 Å². The van der Waals surface area contributed by atoms with Gasteiger partial charge in [0, 0.05) is 11.6 Å². The molecule has 2 aromatic carbocycles. The molecule has 7 heteroatoms. The zero-order valence-electron chi connectivity index (χ0n) is 16.6. The summed E-state index contributed by atoms with van der Waals surface area (Å²) < 4.78 is 21.5. The third kappa shape index (κ3) is 4.41. The Labute approximate surface area is 173 Å². The Morgan fingerprint density at radius 2 is 1.77 bits per heavy atom. The van der Waals surface area contributed by atoms with Crippen LogP contribution < -0.4 is 4.74 Å². The van der Waals surface area contributed by atoms with Crippen LogP contribution in [0, 0.1) is 13.8 Å². The first-order chi connectivity index (χ1) is 14.6. The highest BCUT2D eigenvalue weighted by Crippen LogP contribution is 2.21. The van der Waals surface area contributed by atoms with E-state index < -0.39 is 5.97 Å². The molecule has 0 aliphatic heterocycles. The molecule has 0 spiro atoms. The molecule has 0 aliphatic carbocycles. The van der Waals surface area contributed by atoms with Crippen LogP contribution in [0.5, 0.6) is 5.75 Å². The van der Waals surface area contributed by atoms with Crippen molar-refractivity contribution in [2.45, 2.75) is 27.1 Å². The smallest absolute Gasteiger partial charge is 0.338 e. The molecule has 152 valence electrons. The first-order valence-electron chi connectivity index (χ1n) is 9.43. The SMILES string of the molecule is Cc1noc(C)c1COc1cccc(C(=O)OCc2cc(-c3ccccc3)no2)c1. The Bertz CT molecular complexity index is 1130. The molecule has 0 aliphatic rings. The second-order valence-corrected chi connectivity index (χ2v) is 6.74. The third-order valence-electron chi connectivity index (χ3n) is 4.61. The van der Waals surface area contributed by atoms with Crippen molar-refractivity contribution >= 4 is 5.97 Å². The lowest BCUT2D eigenvalue weighted by atomic mass is 10.1. The van der Waals surface area contributed by atoms with E-state index in [4.69, 9.17) is 18.5 Å². The fourth-order valence-corrected chi connectivity index (χ4v) is 2.92. The fraction of sp³-hybridized carbons (Fsp3) is 0.174. The fourth-order valence-electron chi connectivity index (χ4n) is 2.92. The maximum absolute atomic E-state index is 12.4. The summed E-state index contributed by atoms with van der Waals surface area (Å²) in [6.07, 6.45) is 0. The highest BCUT2D eigenvalue weighted by Gasteiger charge is 2.13. The number of rotatable bonds is 7. The number of hydrogen-bond donors (Lipinski definition) is 0. The summed E-state index contributed by atoms with van der Waals surface area (Å²) in [6.45, 7) is 3.98. The van der Waals surface area contributed by atoms with Crippen LogP contribution in [-0.4, -0.2) is 16.3 Å². The van der Waals surface area contributed by atoms with E-state index in [1.807, 2.05) is 44.2 Å². The van der Waals surface area contributed by atoms with Gasteiger partial charge in [0.25, 0.3) is 0 Å². The Morgan fingerprint density at radius 1 is 0.933 bits per heavy atom. The van der Waals surface area contributed by atoms with Gasteiger partial charge in [-0.15, -0.1) is 0 Å². The lowest BCUT2D eigenvalue weighted by Crippen LogP contribution is -2.05. The largest absolute Gasteiger partial charge is 0.489 e. The average Bonchev–Trinajstić information content (AvgIpc) is 3.38.